The lowest BCUT2D eigenvalue weighted by Crippen LogP contribution is -2.41. The number of halogens is 1. The van der Waals surface area contributed by atoms with Gasteiger partial charge in [0.25, 0.3) is 0 Å². The van der Waals surface area contributed by atoms with Crippen molar-refractivity contribution in [2.24, 2.45) is 0 Å². The van der Waals surface area contributed by atoms with Gasteiger partial charge in [0, 0.05) is 6.42 Å². The molecule has 2 rings (SSSR count). The molecule has 0 amide bonds. The van der Waals surface area contributed by atoms with Crippen LogP contribution in [-0.4, -0.2) is 24.1 Å². The van der Waals surface area contributed by atoms with Crippen LogP contribution in [0.4, 0.5) is 4.39 Å². The van der Waals surface area contributed by atoms with Gasteiger partial charge in [0.05, 0.1) is 11.2 Å². The largest absolute Gasteiger partial charge is 0.495 e. The normalized spacial score (nSPS) is 20.2. The van der Waals surface area contributed by atoms with Gasteiger partial charge in [-0.2, -0.15) is 0 Å². The first-order valence-electron chi connectivity index (χ1n) is 6.76. The van der Waals surface area contributed by atoms with Crippen LogP contribution in [0.15, 0.2) is 18.2 Å². The molecule has 3 nitrogen and oxygen atoms in total. The summed E-state index contributed by atoms with van der Waals surface area (Å²) < 4.78 is 25.3. The molecule has 20 heavy (non-hydrogen) atoms. The third-order valence-electron chi connectivity index (χ3n) is 4.05. The molecular formula is C15H20BFO3. The van der Waals surface area contributed by atoms with Crippen LogP contribution in [0.5, 0.6) is 0 Å². The van der Waals surface area contributed by atoms with E-state index in [2.05, 4.69) is 0 Å². The molecule has 0 bridgehead atoms. The molecular weight excluding hydrogens is 258 g/mol. The van der Waals surface area contributed by atoms with Crippen LogP contribution in [-0.2, 0) is 20.5 Å². The van der Waals surface area contributed by atoms with Crippen LogP contribution >= 0.6 is 0 Å². The summed E-state index contributed by atoms with van der Waals surface area (Å²) in [5.74, 6) is -0.380. The molecule has 1 aromatic rings. The van der Waals surface area contributed by atoms with Gasteiger partial charge in [-0.1, -0.05) is 6.07 Å². The Morgan fingerprint density at radius 3 is 2.25 bits per heavy atom. The summed E-state index contributed by atoms with van der Waals surface area (Å²) in [5.41, 5.74) is 0.426. The minimum atomic E-state index is -0.574. The lowest BCUT2D eigenvalue weighted by molar-refractivity contribution is -0.116. The van der Waals surface area contributed by atoms with E-state index >= 15 is 0 Å². The van der Waals surface area contributed by atoms with Crippen molar-refractivity contribution >= 4 is 18.4 Å². The van der Waals surface area contributed by atoms with Crippen LogP contribution in [0, 0.1) is 5.82 Å². The van der Waals surface area contributed by atoms with Gasteiger partial charge < -0.3 is 9.31 Å². The Balaban J connectivity index is 2.37. The summed E-state index contributed by atoms with van der Waals surface area (Å²) >= 11 is 0. The van der Waals surface area contributed by atoms with Crippen molar-refractivity contribution in [3.05, 3.63) is 29.6 Å². The minimum absolute atomic E-state index is 0.0200. The number of Topliss-reactive ketones (excluding diaryl/α,β-unsaturated/α-hetero) is 1. The highest BCUT2D eigenvalue weighted by atomic mass is 19.1. The maximum absolute atomic E-state index is 13.4. The van der Waals surface area contributed by atoms with Crippen LogP contribution < -0.4 is 5.46 Å². The topological polar surface area (TPSA) is 35.5 Å². The number of ketones is 1. The van der Waals surface area contributed by atoms with Gasteiger partial charge in [-0.15, -0.1) is 0 Å². The Labute approximate surface area is 119 Å². The molecule has 0 saturated carbocycles. The zero-order valence-corrected chi connectivity index (χ0v) is 12.6. The Morgan fingerprint density at radius 2 is 1.75 bits per heavy atom. The van der Waals surface area contributed by atoms with Crippen molar-refractivity contribution in [3.8, 4) is 0 Å². The molecule has 1 aromatic carbocycles. The maximum atomic E-state index is 13.4. The van der Waals surface area contributed by atoms with E-state index in [4.69, 9.17) is 9.31 Å². The van der Waals surface area contributed by atoms with E-state index in [0.29, 0.717) is 5.56 Å². The summed E-state index contributed by atoms with van der Waals surface area (Å²) in [7, 11) is -0.574. The van der Waals surface area contributed by atoms with Gasteiger partial charge in [0.1, 0.15) is 11.6 Å². The molecule has 1 fully saturated rings. The van der Waals surface area contributed by atoms with Crippen molar-refractivity contribution in [3.63, 3.8) is 0 Å². The smallest absolute Gasteiger partial charge is 0.399 e. The molecule has 1 heterocycles. The minimum Gasteiger partial charge on any atom is -0.399 e. The highest BCUT2D eigenvalue weighted by Gasteiger charge is 2.52. The summed E-state index contributed by atoms with van der Waals surface area (Å²) in [6, 6.07) is 4.38. The molecule has 5 heteroatoms. The zero-order valence-electron chi connectivity index (χ0n) is 12.6. The predicted octanol–water partition coefficient (Wildman–Crippen LogP) is 2.26. The van der Waals surface area contributed by atoms with E-state index < -0.39 is 18.3 Å². The van der Waals surface area contributed by atoms with Gasteiger partial charge in [-0.25, -0.2) is 4.39 Å². The Hall–Kier alpha value is -1.20. The fourth-order valence-corrected chi connectivity index (χ4v) is 2.20. The van der Waals surface area contributed by atoms with Crippen molar-refractivity contribution < 1.29 is 18.5 Å². The van der Waals surface area contributed by atoms with Crippen LogP contribution in [0.2, 0.25) is 0 Å². The quantitative estimate of drug-likeness (QED) is 0.795. The second-order valence-corrected chi connectivity index (χ2v) is 6.31. The third kappa shape index (κ3) is 2.79. The number of hydrogen-bond acceptors (Lipinski definition) is 3. The van der Waals surface area contributed by atoms with Gasteiger partial charge in [-0.3, -0.25) is 4.79 Å². The number of benzene rings is 1. The Morgan fingerprint density at radius 1 is 1.20 bits per heavy atom. The molecule has 0 atom stereocenters. The van der Waals surface area contributed by atoms with Crippen LogP contribution in [0.3, 0.4) is 0 Å². The van der Waals surface area contributed by atoms with E-state index in [0.717, 1.165) is 5.46 Å². The van der Waals surface area contributed by atoms with Gasteiger partial charge in [-0.05, 0) is 57.8 Å². The lowest BCUT2D eigenvalue weighted by Gasteiger charge is -2.32. The first-order valence-corrected chi connectivity index (χ1v) is 6.76. The first kappa shape index (κ1) is 15.2. The van der Waals surface area contributed by atoms with Crippen molar-refractivity contribution in [2.45, 2.75) is 52.2 Å². The number of carbonyl (C=O) groups is 1. The molecule has 0 aliphatic carbocycles. The third-order valence-corrected chi connectivity index (χ3v) is 4.05. The van der Waals surface area contributed by atoms with Crippen LogP contribution in [0.25, 0.3) is 0 Å². The highest BCUT2D eigenvalue weighted by Crippen LogP contribution is 2.36. The number of rotatable bonds is 3. The molecule has 108 valence electrons. The first-order chi connectivity index (χ1) is 9.12. The number of hydrogen-bond donors (Lipinski definition) is 0. The summed E-state index contributed by atoms with van der Waals surface area (Å²) in [6.45, 7) is 9.32. The summed E-state index contributed by atoms with van der Waals surface area (Å²) in [4.78, 5) is 11.3. The van der Waals surface area contributed by atoms with Crippen molar-refractivity contribution in [1.29, 1.82) is 0 Å². The maximum Gasteiger partial charge on any atom is 0.495 e. The monoisotopic (exact) mass is 278 g/mol. The van der Waals surface area contributed by atoms with E-state index in [9.17, 15) is 9.18 Å². The predicted molar refractivity (Wildman–Crippen MR) is 76.5 cm³/mol. The summed E-state index contributed by atoms with van der Waals surface area (Å²) in [5, 5.41) is 0. The fraction of sp³-hybridized carbons (Fsp3) is 0.533. The van der Waals surface area contributed by atoms with E-state index in [1.807, 2.05) is 27.7 Å². The molecule has 1 saturated heterocycles. The lowest BCUT2D eigenvalue weighted by atomic mass is 9.75. The van der Waals surface area contributed by atoms with E-state index in [1.165, 1.54) is 19.1 Å². The SMILES string of the molecule is CC(=O)Cc1cc(F)ccc1B1OC(C)(C)C(C)(C)O1. The second-order valence-electron chi connectivity index (χ2n) is 6.31. The highest BCUT2D eigenvalue weighted by molar-refractivity contribution is 6.62. The van der Waals surface area contributed by atoms with Crippen LogP contribution in [0.1, 0.15) is 40.2 Å². The van der Waals surface area contributed by atoms with E-state index in [1.54, 1.807) is 6.07 Å². The molecule has 1 aliphatic rings. The molecule has 0 unspecified atom stereocenters. The Kier molecular flexibility index (Phi) is 3.78. The molecule has 1 aliphatic heterocycles. The fourth-order valence-electron chi connectivity index (χ4n) is 2.20. The van der Waals surface area contributed by atoms with E-state index in [-0.39, 0.29) is 18.0 Å². The molecule has 0 radical (unpaired) electrons. The standard InChI is InChI=1S/C15H20BFO3/c1-10(18)8-11-9-12(17)6-7-13(11)16-19-14(2,3)15(4,5)20-16/h6-7,9H,8H2,1-5H3. The number of carbonyl (C=O) groups excluding carboxylic acids is 1. The average Bonchev–Trinajstić information content (AvgIpc) is 2.46. The van der Waals surface area contributed by atoms with Gasteiger partial charge >= 0.3 is 7.12 Å². The molecule has 0 spiro atoms. The second kappa shape index (κ2) is 4.97. The average molecular weight is 278 g/mol. The van der Waals surface area contributed by atoms with Crippen molar-refractivity contribution in [2.75, 3.05) is 0 Å². The zero-order chi connectivity index (χ0) is 15.1. The summed E-state index contributed by atoms with van der Waals surface area (Å²) in [6.07, 6.45) is 0.178. The van der Waals surface area contributed by atoms with Gasteiger partial charge in [0.2, 0.25) is 0 Å². The Bertz CT molecular complexity index is 524. The molecule has 0 aromatic heterocycles. The molecule has 0 N–H and O–H groups in total. The van der Waals surface area contributed by atoms with Crippen molar-refractivity contribution in [1.82, 2.24) is 0 Å². The van der Waals surface area contributed by atoms with Gasteiger partial charge in [0.15, 0.2) is 0 Å².